The van der Waals surface area contributed by atoms with Gasteiger partial charge in [0.25, 0.3) is 0 Å². The molecule has 0 aliphatic carbocycles. The molecule has 1 amide bonds. The molecular weight excluding hydrogens is 326 g/mol. The van der Waals surface area contributed by atoms with Crippen LogP contribution in [0.1, 0.15) is 32.6 Å². The Labute approximate surface area is 136 Å². The molecule has 1 heterocycles. The van der Waals surface area contributed by atoms with E-state index in [4.69, 9.17) is 11.6 Å². The van der Waals surface area contributed by atoms with Gasteiger partial charge in [-0.05, 0) is 31.0 Å². The second kappa shape index (κ2) is 7.30. The largest absolute Gasteiger partial charge is 0.325 e. The standard InChI is InChI=1S/C14H20ClN3O3S/c1-11(19)16-14-10-12(6-7-13(14)15)17-22(20,21)18-8-4-2-3-5-9-18/h6-7,10,17H,2-5,8-9H2,1H3,(H,16,19). The van der Waals surface area contributed by atoms with Gasteiger partial charge in [-0.3, -0.25) is 9.52 Å². The van der Waals surface area contributed by atoms with Gasteiger partial charge in [0, 0.05) is 20.0 Å². The average Bonchev–Trinajstić information content (AvgIpc) is 2.71. The van der Waals surface area contributed by atoms with Crippen LogP contribution in [0, 0.1) is 0 Å². The van der Waals surface area contributed by atoms with Crippen molar-refractivity contribution in [2.45, 2.75) is 32.6 Å². The molecule has 8 heteroatoms. The molecule has 1 aromatic carbocycles. The van der Waals surface area contributed by atoms with Crippen molar-refractivity contribution in [2.75, 3.05) is 23.1 Å². The normalized spacial score (nSPS) is 16.8. The van der Waals surface area contributed by atoms with Crippen LogP contribution in [0.15, 0.2) is 18.2 Å². The molecule has 0 spiro atoms. The second-order valence-corrected chi connectivity index (χ2v) is 7.37. The lowest BCUT2D eigenvalue weighted by Gasteiger charge is -2.21. The summed E-state index contributed by atoms with van der Waals surface area (Å²) < 4.78 is 28.9. The van der Waals surface area contributed by atoms with Crippen LogP contribution in [-0.2, 0) is 15.0 Å². The number of nitrogens with zero attached hydrogens (tertiary/aromatic N) is 1. The monoisotopic (exact) mass is 345 g/mol. The van der Waals surface area contributed by atoms with Gasteiger partial charge >= 0.3 is 10.2 Å². The number of amides is 1. The molecule has 1 aliphatic rings. The molecular formula is C14H20ClN3O3S. The summed E-state index contributed by atoms with van der Waals surface area (Å²) in [4.78, 5) is 11.1. The number of carbonyl (C=O) groups is 1. The SMILES string of the molecule is CC(=O)Nc1cc(NS(=O)(=O)N2CCCCCC2)ccc1Cl. The number of hydrogen-bond donors (Lipinski definition) is 2. The van der Waals surface area contributed by atoms with Crippen molar-refractivity contribution in [1.82, 2.24) is 4.31 Å². The molecule has 1 aliphatic heterocycles. The Bertz CT molecular complexity index is 641. The number of benzene rings is 1. The van der Waals surface area contributed by atoms with Crippen LogP contribution in [0.5, 0.6) is 0 Å². The summed E-state index contributed by atoms with van der Waals surface area (Å²) in [5.41, 5.74) is 0.752. The number of rotatable bonds is 4. The topological polar surface area (TPSA) is 78.5 Å². The van der Waals surface area contributed by atoms with Crippen LogP contribution in [-0.4, -0.2) is 31.7 Å². The highest BCUT2D eigenvalue weighted by atomic mass is 35.5. The molecule has 2 rings (SSSR count). The highest BCUT2D eigenvalue weighted by molar-refractivity contribution is 7.90. The summed E-state index contributed by atoms with van der Waals surface area (Å²) in [5, 5.41) is 2.92. The third-order valence-electron chi connectivity index (χ3n) is 3.43. The Morgan fingerprint density at radius 1 is 1.18 bits per heavy atom. The van der Waals surface area contributed by atoms with Crippen LogP contribution in [0.4, 0.5) is 11.4 Å². The summed E-state index contributed by atoms with van der Waals surface area (Å²) in [6.45, 7) is 2.42. The van der Waals surface area contributed by atoms with E-state index < -0.39 is 10.2 Å². The van der Waals surface area contributed by atoms with Gasteiger partial charge in [-0.1, -0.05) is 24.4 Å². The predicted octanol–water partition coefficient (Wildman–Crippen LogP) is 2.83. The van der Waals surface area contributed by atoms with Crippen LogP contribution < -0.4 is 10.0 Å². The first-order valence-corrected chi connectivity index (χ1v) is 9.05. The molecule has 0 radical (unpaired) electrons. The second-order valence-electron chi connectivity index (χ2n) is 5.30. The zero-order valence-corrected chi connectivity index (χ0v) is 14.0. The maximum atomic E-state index is 12.4. The number of anilines is 2. The summed E-state index contributed by atoms with van der Waals surface area (Å²) in [5.74, 6) is -0.269. The zero-order chi connectivity index (χ0) is 16.2. The molecule has 6 nitrogen and oxygen atoms in total. The zero-order valence-electron chi connectivity index (χ0n) is 12.4. The minimum Gasteiger partial charge on any atom is -0.325 e. The number of hydrogen-bond acceptors (Lipinski definition) is 3. The predicted molar refractivity (Wildman–Crippen MR) is 88.3 cm³/mol. The van der Waals surface area contributed by atoms with E-state index in [0.717, 1.165) is 25.7 Å². The molecule has 0 saturated carbocycles. The Morgan fingerprint density at radius 3 is 2.41 bits per heavy atom. The van der Waals surface area contributed by atoms with Gasteiger partial charge in [-0.2, -0.15) is 12.7 Å². The van der Waals surface area contributed by atoms with E-state index in [-0.39, 0.29) is 5.91 Å². The first kappa shape index (κ1) is 17.1. The number of nitrogens with one attached hydrogen (secondary N) is 2. The maximum absolute atomic E-state index is 12.4. The fraction of sp³-hybridized carbons (Fsp3) is 0.500. The van der Waals surface area contributed by atoms with Gasteiger partial charge in [0.1, 0.15) is 0 Å². The van der Waals surface area contributed by atoms with Crippen molar-refractivity contribution in [1.29, 1.82) is 0 Å². The first-order valence-electron chi connectivity index (χ1n) is 7.23. The minimum atomic E-state index is -3.59. The Hall–Kier alpha value is -1.31. The van der Waals surface area contributed by atoms with Gasteiger partial charge in [-0.25, -0.2) is 0 Å². The fourth-order valence-corrected chi connectivity index (χ4v) is 3.83. The van der Waals surface area contributed by atoms with Gasteiger partial charge in [0.2, 0.25) is 5.91 Å². The average molecular weight is 346 g/mol. The Morgan fingerprint density at radius 2 is 1.82 bits per heavy atom. The van der Waals surface area contributed by atoms with Gasteiger partial charge in [0.05, 0.1) is 16.4 Å². The van der Waals surface area contributed by atoms with E-state index in [0.29, 0.717) is 29.5 Å². The van der Waals surface area contributed by atoms with Crippen molar-refractivity contribution < 1.29 is 13.2 Å². The van der Waals surface area contributed by atoms with Crippen LogP contribution in [0.2, 0.25) is 5.02 Å². The third-order valence-corrected chi connectivity index (χ3v) is 5.30. The Kier molecular flexibility index (Phi) is 5.66. The van der Waals surface area contributed by atoms with E-state index in [1.807, 2.05) is 0 Å². The smallest absolute Gasteiger partial charge is 0.301 e. The van der Waals surface area contributed by atoms with E-state index >= 15 is 0 Å². The lowest BCUT2D eigenvalue weighted by atomic mass is 10.2. The lowest BCUT2D eigenvalue weighted by Crippen LogP contribution is -2.36. The first-order chi connectivity index (χ1) is 10.4. The van der Waals surface area contributed by atoms with E-state index in [9.17, 15) is 13.2 Å². The summed E-state index contributed by atoms with van der Waals surface area (Å²) in [6, 6.07) is 4.63. The lowest BCUT2D eigenvalue weighted by molar-refractivity contribution is -0.114. The van der Waals surface area contributed by atoms with E-state index in [1.165, 1.54) is 17.3 Å². The minimum absolute atomic E-state index is 0.269. The molecule has 22 heavy (non-hydrogen) atoms. The highest BCUT2D eigenvalue weighted by Gasteiger charge is 2.23. The van der Waals surface area contributed by atoms with Crippen LogP contribution >= 0.6 is 11.6 Å². The molecule has 1 fully saturated rings. The molecule has 0 unspecified atom stereocenters. The third kappa shape index (κ3) is 4.59. The van der Waals surface area contributed by atoms with Crippen molar-refractivity contribution in [2.24, 2.45) is 0 Å². The van der Waals surface area contributed by atoms with Crippen molar-refractivity contribution >= 4 is 39.1 Å². The molecule has 1 aromatic rings. The molecule has 0 bridgehead atoms. The quantitative estimate of drug-likeness (QED) is 0.880. The molecule has 2 N–H and O–H groups in total. The number of carbonyl (C=O) groups excluding carboxylic acids is 1. The van der Waals surface area contributed by atoms with E-state index in [1.54, 1.807) is 12.1 Å². The van der Waals surface area contributed by atoms with Gasteiger partial charge < -0.3 is 5.32 Å². The van der Waals surface area contributed by atoms with Crippen molar-refractivity contribution in [3.8, 4) is 0 Å². The van der Waals surface area contributed by atoms with E-state index in [2.05, 4.69) is 10.0 Å². The fourth-order valence-electron chi connectivity index (χ4n) is 2.37. The molecule has 0 aromatic heterocycles. The molecule has 1 saturated heterocycles. The Balaban J connectivity index is 2.16. The van der Waals surface area contributed by atoms with Crippen LogP contribution in [0.3, 0.4) is 0 Å². The van der Waals surface area contributed by atoms with Crippen molar-refractivity contribution in [3.05, 3.63) is 23.2 Å². The highest BCUT2D eigenvalue weighted by Crippen LogP contribution is 2.26. The van der Waals surface area contributed by atoms with Crippen LogP contribution in [0.25, 0.3) is 0 Å². The summed E-state index contributed by atoms with van der Waals surface area (Å²) >= 11 is 5.98. The van der Waals surface area contributed by atoms with Gasteiger partial charge in [-0.15, -0.1) is 0 Å². The summed E-state index contributed by atoms with van der Waals surface area (Å²) in [7, 11) is -3.59. The maximum Gasteiger partial charge on any atom is 0.301 e. The molecule has 0 atom stereocenters. The van der Waals surface area contributed by atoms with Gasteiger partial charge in [0.15, 0.2) is 0 Å². The summed E-state index contributed by atoms with van der Waals surface area (Å²) in [6.07, 6.45) is 3.86. The van der Waals surface area contributed by atoms with Crippen molar-refractivity contribution in [3.63, 3.8) is 0 Å². The number of halogens is 1. The molecule has 122 valence electrons.